The van der Waals surface area contributed by atoms with Crippen LogP contribution in [0.25, 0.3) is 55.8 Å². The van der Waals surface area contributed by atoms with Gasteiger partial charge in [-0.05, 0) is 41.8 Å². The summed E-state index contributed by atoms with van der Waals surface area (Å²) in [6, 6.07) is 36.0. The largest absolute Gasteiger partial charge is 0.482 e. The fraction of sp³-hybridized carbons (Fsp3) is 0.312. The van der Waals surface area contributed by atoms with Crippen LogP contribution < -0.4 is 4.40 Å². The second-order valence-electron chi connectivity index (χ2n) is 16.3. The molecule has 4 nitrogen and oxygen atoms in total. The maximum absolute atomic E-state index is 6.04. The number of hydrogen-bond donors (Lipinski definition) is 0. The van der Waals surface area contributed by atoms with Crippen molar-refractivity contribution >= 4 is 39.7 Å². The molecule has 1 aliphatic carbocycles. The van der Waals surface area contributed by atoms with Crippen LogP contribution in [0.3, 0.4) is 0 Å². The summed E-state index contributed by atoms with van der Waals surface area (Å²) in [6.07, 6.45) is 12.1. The average molecular weight is 951 g/mol. The number of aromatic nitrogens is 3. The zero-order chi connectivity index (χ0) is 37.1. The van der Waals surface area contributed by atoms with Crippen LogP contribution in [0, 0.1) is 37.8 Å². The van der Waals surface area contributed by atoms with Gasteiger partial charge in [0.25, 0.3) is 0 Å². The van der Waals surface area contributed by atoms with Gasteiger partial charge in [-0.25, -0.2) is 4.98 Å². The van der Waals surface area contributed by atoms with Gasteiger partial charge in [0.15, 0.2) is 5.71 Å². The second-order valence-corrected chi connectivity index (χ2v) is 26.9. The van der Waals surface area contributed by atoms with Gasteiger partial charge in [0.2, 0.25) is 0 Å². The Bertz CT molecular complexity index is 2350. The maximum Gasteiger partial charge on any atom is 0.183 e. The molecular formula is C48H51GeIrN3O-2. The minimum atomic E-state index is -1.89. The van der Waals surface area contributed by atoms with E-state index in [1.807, 2.05) is 48.7 Å². The molecule has 1 radical (unpaired) electrons. The summed E-state index contributed by atoms with van der Waals surface area (Å²) in [5, 5.41) is 1.92. The number of aryl methyl sites for hydroxylation is 2. The maximum atomic E-state index is 6.04. The molecule has 0 unspecified atom stereocenters. The Morgan fingerprint density at radius 2 is 1.54 bits per heavy atom. The first-order valence-electron chi connectivity index (χ1n) is 19.3. The third kappa shape index (κ3) is 9.13. The Balaban J connectivity index is 0.000000187. The molecule has 3 aromatic carbocycles. The van der Waals surface area contributed by atoms with Crippen LogP contribution in [0.5, 0.6) is 0 Å². The van der Waals surface area contributed by atoms with Crippen molar-refractivity contribution in [3.63, 3.8) is 0 Å². The van der Waals surface area contributed by atoms with E-state index in [9.17, 15) is 0 Å². The number of pyridine rings is 3. The van der Waals surface area contributed by atoms with Crippen LogP contribution in [-0.4, -0.2) is 28.2 Å². The van der Waals surface area contributed by atoms with Crippen LogP contribution in [0.2, 0.25) is 17.3 Å². The molecule has 1 aliphatic rings. The van der Waals surface area contributed by atoms with Gasteiger partial charge in [0.05, 0.1) is 11.3 Å². The summed E-state index contributed by atoms with van der Waals surface area (Å²) in [4.78, 5) is 14.2. The topological polar surface area (TPSA) is 51.8 Å². The van der Waals surface area contributed by atoms with Crippen molar-refractivity contribution in [3.8, 4) is 33.8 Å². The van der Waals surface area contributed by atoms with E-state index in [0.717, 1.165) is 62.5 Å². The van der Waals surface area contributed by atoms with E-state index in [4.69, 9.17) is 14.4 Å². The molecule has 4 heterocycles. The molecule has 0 N–H and O–H groups in total. The van der Waals surface area contributed by atoms with Gasteiger partial charge in [-0.1, -0.05) is 73.3 Å². The number of rotatable bonds is 8. The normalized spacial score (nSPS) is 13.3. The minimum Gasteiger partial charge on any atom is -0.482 e. The summed E-state index contributed by atoms with van der Waals surface area (Å²) in [5.41, 5.74) is 13.0. The number of furan rings is 1. The summed E-state index contributed by atoms with van der Waals surface area (Å²) in [7, 11) is 0. The Morgan fingerprint density at radius 3 is 2.26 bits per heavy atom. The third-order valence-corrected chi connectivity index (χ3v) is 14.9. The molecule has 1 saturated carbocycles. The molecule has 0 spiro atoms. The van der Waals surface area contributed by atoms with E-state index in [1.165, 1.54) is 48.8 Å². The van der Waals surface area contributed by atoms with Crippen molar-refractivity contribution in [2.75, 3.05) is 0 Å². The van der Waals surface area contributed by atoms with Crippen molar-refractivity contribution < 1.29 is 24.5 Å². The SMILES string of the molecule is Cc1ccc[c-]c1-c1cc(CC2CCCC2)[c]([Ge]([CH3])([CH3])[CH3])cn1.Cc1cnc(-c2[c-]c3c(cc2)oc2nc(-c4ccccc4)ccc23)cc1CC(C)C.[Ir]. The van der Waals surface area contributed by atoms with Crippen molar-refractivity contribution in [1.29, 1.82) is 0 Å². The van der Waals surface area contributed by atoms with Gasteiger partial charge >= 0.3 is 144 Å². The van der Waals surface area contributed by atoms with Gasteiger partial charge in [-0.3, -0.25) is 4.98 Å². The van der Waals surface area contributed by atoms with Gasteiger partial charge in [-0.15, -0.1) is 12.1 Å². The van der Waals surface area contributed by atoms with E-state index in [-0.39, 0.29) is 20.1 Å². The summed E-state index contributed by atoms with van der Waals surface area (Å²) in [6.45, 7) is 8.76. The van der Waals surface area contributed by atoms with E-state index in [1.54, 1.807) is 9.96 Å². The molecule has 0 aliphatic heterocycles. The Hall–Kier alpha value is -3.90. The Morgan fingerprint density at radius 1 is 0.796 bits per heavy atom. The smallest absolute Gasteiger partial charge is 0.183 e. The van der Waals surface area contributed by atoms with E-state index in [0.29, 0.717) is 11.6 Å². The van der Waals surface area contributed by atoms with E-state index >= 15 is 0 Å². The van der Waals surface area contributed by atoms with Crippen molar-refractivity contribution in [2.45, 2.75) is 83.5 Å². The molecule has 8 rings (SSSR count). The monoisotopic (exact) mass is 952 g/mol. The number of benzene rings is 3. The molecule has 7 aromatic rings. The van der Waals surface area contributed by atoms with Gasteiger partial charge < -0.3 is 4.42 Å². The van der Waals surface area contributed by atoms with Crippen molar-refractivity contribution in [3.05, 3.63) is 132 Å². The van der Waals surface area contributed by atoms with Crippen LogP contribution >= 0.6 is 0 Å². The molecule has 4 aromatic heterocycles. The standard InChI is InChI=1S/C27H23N2O.C21H28GeN.Ir/c1-17(2)13-21-15-25(28-16-18(21)3)20-9-12-26-23(14-20)22-10-11-24(29-27(22)30-26)19-7-5-4-6-8-19;1-16-9-5-8-12-19(16)21-14-18(13-17-10-6-7-11-17)20(15-23-21)22(2,3)4;/h4-12,15-17H,13H2,1-3H3;5,8-9,14-15,17H,6-7,10-11,13H2,1-4H3;/q2*-1;. The fourth-order valence-electron chi connectivity index (χ4n) is 7.67. The third-order valence-electron chi connectivity index (χ3n) is 10.5. The van der Waals surface area contributed by atoms with Crippen LogP contribution in [-0.2, 0) is 32.9 Å². The molecule has 0 atom stereocenters. The van der Waals surface area contributed by atoms with Crippen molar-refractivity contribution in [2.24, 2.45) is 11.8 Å². The summed E-state index contributed by atoms with van der Waals surface area (Å²) >= 11 is -1.89. The number of hydrogen-bond acceptors (Lipinski definition) is 4. The molecule has 0 saturated heterocycles. The molecule has 0 amide bonds. The Kier molecular flexibility index (Phi) is 12.7. The van der Waals surface area contributed by atoms with Crippen LogP contribution in [0.4, 0.5) is 0 Å². The van der Waals surface area contributed by atoms with E-state index in [2.05, 4.69) is 111 Å². The predicted octanol–water partition coefficient (Wildman–Crippen LogP) is 12.1. The molecule has 279 valence electrons. The first-order chi connectivity index (χ1) is 25.5. The zero-order valence-corrected chi connectivity index (χ0v) is 37.2. The second kappa shape index (κ2) is 17.3. The average Bonchev–Trinajstić information content (AvgIpc) is 3.80. The fourth-order valence-corrected chi connectivity index (χ4v) is 11.0. The first kappa shape index (κ1) is 39.8. The Labute approximate surface area is 338 Å². The minimum absolute atomic E-state index is 0. The predicted molar refractivity (Wildman–Crippen MR) is 224 cm³/mol. The van der Waals surface area contributed by atoms with Gasteiger partial charge in [0, 0.05) is 37.6 Å². The number of nitrogens with zero attached hydrogens (tertiary/aromatic N) is 3. The van der Waals surface area contributed by atoms with Crippen LogP contribution in [0.15, 0.2) is 102 Å². The molecule has 6 heteroatoms. The molecule has 0 bridgehead atoms. The first-order valence-corrected chi connectivity index (χ1v) is 26.6. The quantitative estimate of drug-likeness (QED) is 0.112. The van der Waals surface area contributed by atoms with Crippen LogP contribution in [0.1, 0.15) is 61.8 Å². The van der Waals surface area contributed by atoms with Gasteiger partial charge in [0.1, 0.15) is 0 Å². The zero-order valence-electron chi connectivity index (χ0n) is 32.7. The van der Waals surface area contributed by atoms with Crippen molar-refractivity contribution in [1.82, 2.24) is 15.0 Å². The molecule has 54 heavy (non-hydrogen) atoms. The van der Waals surface area contributed by atoms with E-state index < -0.39 is 13.3 Å². The molecular weight excluding hydrogens is 899 g/mol. The summed E-state index contributed by atoms with van der Waals surface area (Å²) < 4.78 is 7.63. The molecule has 1 fully saturated rings. The summed E-state index contributed by atoms with van der Waals surface area (Å²) in [5.74, 6) is 8.93. The number of fused-ring (bicyclic) bond motifs is 3. The van der Waals surface area contributed by atoms with Gasteiger partial charge in [-0.2, -0.15) is 0 Å².